The molecule has 0 spiro atoms. The first-order valence-corrected chi connectivity index (χ1v) is 7.22. The highest BCUT2D eigenvalue weighted by atomic mass is 79.9. The lowest BCUT2D eigenvalue weighted by molar-refractivity contribution is 0.133. The van der Waals surface area contributed by atoms with E-state index in [0.717, 1.165) is 28.4 Å². The van der Waals surface area contributed by atoms with Crippen molar-refractivity contribution in [2.75, 3.05) is 18.4 Å². The Hall–Kier alpha value is -1.76. The van der Waals surface area contributed by atoms with Gasteiger partial charge in [0.15, 0.2) is 5.58 Å². The van der Waals surface area contributed by atoms with E-state index < -0.39 is 6.09 Å². The van der Waals surface area contributed by atoms with Crippen LogP contribution in [0.1, 0.15) is 12.8 Å². The number of nitrogens with one attached hydrogen (secondary N) is 1. The van der Waals surface area contributed by atoms with Gasteiger partial charge in [0.2, 0.25) is 0 Å². The zero-order chi connectivity index (χ0) is 14.1. The van der Waals surface area contributed by atoms with Crippen LogP contribution in [0.25, 0.3) is 11.1 Å². The molecule has 0 bridgehead atoms. The molecule has 20 heavy (non-hydrogen) atoms. The number of anilines is 1. The summed E-state index contributed by atoms with van der Waals surface area (Å²) in [6, 6.07) is 6.38. The fourth-order valence-corrected chi connectivity index (χ4v) is 2.80. The molecule has 1 aliphatic rings. The Bertz CT molecular complexity index is 635. The lowest BCUT2D eigenvalue weighted by atomic mass is 10.1. The molecule has 1 aromatic heterocycles. The number of rotatable bonds is 2. The molecule has 3 rings (SSSR count). The van der Waals surface area contributed by atoms with Gasteiger partial charge in [-0.25, -0.2) is 4.79 Å². The minimum atomic E-state index is -0.853. The summed E-state index contributed by atoms with van der Waals surface area (Å²) in [4.78, 5) is 16.7. The van der Waals surface area contributed by atoms with E-state index in [-0.39, 0.29) is 6.04 Å². The van der Waals surface area contributed by atoms with Crippen LogP contribution in [0.3, 0.4) is 0 Å². The smallest absolute Gasteiger partial charge is 0.407 e. The molecule has 0 radical (unpaired) electrons. The lowest BCUT2D eigenvalue weighted by Crippen LogP contribution is -2.41. The van der Waals surface area contributed by atoms with Crippen LogP contribution in [-0.4, -0.2) is 40.2 Å². The summed E-state index contributed by atoms with van der Waals surface area (Å²) >= 11 is 3.43. The van der Waals surface area contributed by atoms with Gasteiger partial charge in [0, 0.05) is 19.1 Å². The minimum Gasteiger partial charge on any atom is -0.465 e. The molecule has 0 saturated carbocycles. The molecule has 2 N–H and O–H groups in total. The maximum absolute atomic E-state index is 10.8. The van der Waals surface area contributed by atoms with Crippen LogP contribution in [-0.2, 0) is 0 Å². The fraction of sp³-hybridized carbons (Fsp3) is 0.385. The Labute approximate surface area is 123 Å². The molecule has 0 aliphatic carbocycles. The first kappa shape index (κ1) is 13.2. The lowest BCUT2D eigenvalue weighted by Gasteiger charge is -2.29. The van der Waals surface area contributed by atoms with Crippen molar-refractivity contribution in [2.45, 2.75) is 18.9 Å². The normalized spacial score (nSPS) is 16.6. The highest BCUT2D eigenvalue weighted by Crippen LogP contribution is 2.27. The van der Waals surface area contributed by atoms with Gasteiger partial charge in [0.25, 0.3) is 6.01 Å². The van der Waals surface area contributed by atoms with Crippen molar-refractivity contribution >= 4 is 39.1 Å². The van der Waals surface area contributed by atoms with Gasteiger partial charge in [-0.1, -0.05) is 6.07 Å². The topological polar surface area (TPSA) is 78.6 Å². The number of amides is 1. The number of benzene rings is 1. The van der Waals surface area contributed by atoms with Gasteiger partial charge < -0.3 is 19.7 Å². The van der Waals surface area contributed by atoms with Gasteiger partial charge in [0.1, 0.15) is 5.52 Å². The first-order chi connectivity index (χ1) is 9.63. The van der Waals surface area contributed by atoms with Crippen LogP contribution < -0.4 is 5.32 Å². The van der Waals surface area contributed by atoms with Crippen molar-refractivity contribution in [3.63, 3.8) is 0 Å². The van der Waals surface area contributed by atoms with Crippen LogP contribution >= 0.6 is 15.9 Å². The molecule has 0 atom stereocenters. The zero-order valence-electron chi connectivity index (χ0n) is 10.7. The average Bonchev–Trinajstić information content (AvgIpc) is 2.83. The van der Waals surface area contributed by atoms with Crippen LogP contribution in [0.2, 0.25) is 0 Å². The molecule has 1 aliphatic heterocycles. The van der Waals surface area contributed by atoms with Gasteiger partial charge in [0.05, 0.1) is 4.47 Å². The number of carbonyl (C=O) groups is 1. The largest absolute Gasteiger partial charge is 0.465 e. The first-order valence-electron chi connectivity index (χ1n) is 6.43. The van der Waals surface area contributed by atoms with E-state index in [1.54, 1.807) is 0 Å². The van der Waals surface area contributed by atoms with Gasteiger partial charge >= 0.3 is 6.09 Å². The molecule has 1 amide bonds. The van der Waals surface area contributed by atoms with Crippen molar-refractivity contribution in [3.05, 3.63) is 22.7 Å². The van der Waals surface area contributed by atoms with Crippen molar-refractivity contribution in [3.8, 4) is 0 Å². The second-order valence-electron chi connectivity index (χ2n) is 4.80. The molecular weight excluding hydrogens is 326 g/mol. The highest BCUT2D eigenvalue weighted by Gasteiger charge is 2.23. The van der Waals surface area contributed by atoms with Crippen molar-refractivity contribution in [2.24, 2.45) is 0 Å². The van der Waals surface area contributed by atoms with Crippen LogP contribution in [0.4, 0.5) is 10.8 Å². The number of carboxylic acid groups (broad SMARTS) is 1. The number of likely N-dealkylation sites (tertiary alicyclic amines) is 1. The van der Waals surface area contributed by atoms with Gasteiger partial charge in [-0.3, -0.25) is 0 Å². The van der Waals surface area contributed by atoms with Crippen LogP contribution in [0.15, 0.2) is 27.1 Å². The summed E-state index contributed by atoms with van der Waals surface area (Å²) in [6.45, 7) is 1.08. The number of aromatic nitrogens is 1. The van der Waals surface area contributed by atoms with E-state index in [2.05, 4.69) is 26.2 Å². The molecule has 7 heteroatoms. The maximum atomic E-state index is 10.8. The quantitative estimate of drug-likeness (QED) is 0.878. The van der Waals surface area contributed by atoms with E-state index >= 15 is 0 Å². The van der Waals surface area contributed by atoms with Crippen molar-refractivity contribution in [1.29, 1.82) is 0 Å². The molecule has 1 fully saturated rings. The van der Waals surface area contributed by atoms with Crippen molar-refractivity contribution in [1.82, 2.24) is 9.88 Å². The van der Waals surface area contributed by atoms with E-state index in [9.17, 15) is 4.79 Å². The second kappa shape index (κ2) is 5.32. The third kappa shape index (κ3) is 2.58. The number of nitrogens with zero attached hydrogens (tertiary/aromatic N) is 2. The van der Waals surface area contributed by atoms with Crippen LogP contribution in [0, 0.1) is 0 Å². The highest BCUT2D eigenvalue weighted by molar-refractivity contribution is 9.10. The fourth-order valence-electron chi connectivity index (χ4n) is 2.37. The number of piperidine rings is 1. The third-order valence-electron chi connectivity index (χ3n) is 3.46. The third-order valence-corrected chi connectivity index (χ3v) is 4.08. The Balaban J connectivity index is 1.68. The summed E-state index contributed by atoms with van der Waals surface area (Å²) in [7, 11) is 0. The summed E-state index contributed by atoms with van der Waals surface area (Å²) < 4.78 is 6.55. The Morgan fingerprint density at radius 1 is 1.45 bits per heavy atom. The number of hydrogen-bond acceptors (Lipinski definition) is 4. The number of halogens is 1. The van der Waals surface area contributed by atoms with E-state index in [4.69, 9.17) is 9.52 Å². The molecule has 1 aromatic carbocycles. The van der Waals surface area contributed by atoms with Gasteiger partial charge in [-0.2, -0.15) is 4.98 Å². The average molecular weight is 340 g/mol. The van der Waals surface area contributed by atoms with E-state index in [1.807, 2.05) is 18.2 Å². The second-order valence-corrected chi connectivity index (χ2v) is 5.65. The van der Waals surface area contributed by atoms with Gasteiger partial charge in [-0.05, 0) is 40.9 Å². The van der Waals surface area contributed by atoms with Crippen molar-refractivity contribution < 1.29 is 14.3 Å². The number of hydrogen-bond donors (Lipinski definition) is 2. The Morgan fingerprint density at radius 2 is 2.20 bits per heavy atom. The zero-order valence-corrected chi connectivity index (χ0v) is 12.3. The molecule has 1 saturated heterocycles. The predicted octanol–water partition coefficient (Wildman–Crippen LogP) is 3.14. The van der Waals surface area contributed by atoms with E-state index in [0.29, 0.717) is 19.1 Å². The Morgan fingerprint density at radius 3 is 2.85 bits per heavy atom. The SMILES string of the molecule is O=C(O)N1CCC(Nc2nc3cccc(Br)c3o2)CC1. The van der Waals surface area contributed by atoms with E-state index in [1.165, 1.54) is 4.90 Å². The summed E-state index contributed by atoms with van der Waals surface area (Å²) in [5, 5.41) is 12.1. The minimum absolute atomic E-state index is 0.192. The number of para-hydroxylation sites is 1. The molecule has 2 heterocycles. The molecule has 2 aromatic rings. The Kier molecular flexibility index (Phi) is 3.52. The summed E-state index contributed by atoms with van der Waals surface area (Å²) in [5.41, 5.74) is 1.52. The summed E-state index contributed by atoms with van der Waals surface area (Å²) in [6.07, 6.45) is 0.660. The number of fused-ring (bicyclic) bond motifs is 1. The maximum Gasteiger partial charge on any atom is 0.407 e. The van der Waals surface area contributed by atoms with Crippen LogP contribution in [0.5, 0.6) is 0 Å². The molecule has 106 valence electrons. The molecule has 0 unspecified atom stereocenters. The molecular formula is C13H14BrN3O3. The standard InChI is InChI=1S/C13H14BrN3O3/c14-9-2-1-3-10-11(9)20-12(16-10)15-8-4-6-17(7-5-8)13(18)19/h1-3,8H,4-7H2,(H,15,16)(H,18,19). The monoisotopic (exact) mass is 339 g/mol. The van der Waals surface area contributed by atoms with Gasteiger partial charge in [-0.15, -0.1) is 0 Å². The predicted molar refractivity (Wildman–Crippen MR) is 78.0 cm³/mol. The molecule has 6 nitrogen and oxygen atoms in total. The number of oxazole rings is 1. The summed E-state index contributed by atoms with van der Waals surface area (Å²) in [5.74, 6) is 0.